The molecule has 0 aromatic heterocycles. The third-order valence-electron chi connectivity index (χ3n) is 19.4. The Bertz CT molecular complexity index is 5270. The molecule has 0 aliphatic rings. The Kier molecular flexibility index (Phi) is 46.2. The maximum absolute atomic E-state index is 13.6. The number of benzene rings is 9. The van der Waals surface area contributed by atoms with Crippen molar-refractivity contribution in [3.8, 4) is 51.7 Å². The van der Waals surface area contributed by atoms with Gasteiger partial charge < -0.3 is 126 Å². The van der Waals surface area contributed by atoms with E-state index in [0.29, 0.717) is 16.7 Å². The molecule has 0 amide bonds. The van der Waals surface area contributed by atoms with Crippen LogP contribution in [0, 0.1) is 0 Å². The van der Waals surface area contributed by atoms with Crippen LogP contribution in [-0.4, -0.2) is 164 Å². The number of hydrogen-bond acceptors (Lipinski definition) is 40. The van der Waals surface area contributed by atoms with Crippen molar-refractivity contribution in [2.45, 2.75) is 118 Å². The van der Waals surface area contributed by atoms with Gasteiger partial charge in [0.1, 0.15) is 51.7 Å². The highest BCUT2D eigenvalue weighted by Crippen LogP contribution is 2.67. The molecule has 0 fully saturated rings. The molecule has 0 heterocycles. The van der Waals surface area contributed by atoms with Crippen molar-refractivity contribution in [1.29, 1.82) is 0 Å². The van der Waals surface area contributed by atoms with E-state index >= 15 is 0 Å². The molecule has 9 aromatic rings. The van der Waals surface area contributed by atoms with Crippen LogP contribution in [-0.2, 0) is 129 Å². The van der Waals surface area contributed by atoms with Crippen molar-refractivity contribution in [3.05, 3.63) is 268 Å². The van der Waals surface area contributed by atoms with Crippen molar-refractivity contribution in [1.82, 2.24) is 14.3 Å². The van der Waals surface area contributed by atoms with Gasteiger partial charge in [-0.3, -0.25) is 27.4 Å². The molecule has 6 unspecified atom stereocenters. The first kappa shape index (κ1) is 119. The lowest BCUT2D eigenvalue weighted by Gasteiger charge is -2.29. The van der Waals surface area contributed by atoms with Crippen LogP contribution >= 0.6 is 72.2 Å². The second kappa shape index (κ2) is 55.4. The van der Waals surface area contributed by atoms with Crippen LogP contribution < -0.4 is 40.7 Å². The van der Waals surface area contributed by atoms with Gasteiger partial charge in [-0.05, 0) is 279 Å². The molecule has 9 aromatic carbocycles. The average molecular weight is 2250 g/mol. The van der Waals surface area contributed by atoms with Crippen LogP contribution in [0.5, 0.6) is 51.7 Å². The van der Waals surface area contributed by atoms with Gasteiger partial charge in [0.2, 0.25) is 0 Å². The van der Waals surface area contributed by atoms with Gasteiger partial charge in [0, 0.05) is 68.4 Å². The molecule has 0 bridgehead atoms. The van der Waals surface area contributed by atoms with Crippen molar-refractivity contribution >= 4 is 138 Å². The Morgan fingerprint density at radius 1 is 0.224 bits per heavy atom. The quantitative estimate of drug-likeness (QED) is 0.0117. The summed E-state index contributed by atoms with van der Waals surface area (Å²) in [5.74, 6) is -8.61. The average Bonchev–Trinajstić information content (AvgIpc) is 0.808. The summed E-state index contributed by atoms with van der Waals surface area (Å²) in [6, 6.07) is 54.7. The van der Waals surface area contributed by atoms with E-state index in [1.54, 1.807) is 156 Å². The van der Waals surface area contributed by atoms with Gasteiger partial charge in [-0.25, -0.2) is 14.3 Å². The standard InChI is InChI=1S/C90H120N6O33P10S4/c1-16-109-130(103,110-17-2)85(97)70-34-52-76(53-35-70)121-136(140,122-77-54-36-71(37-55-77)86(98)131(104,111-18-3)112-19-4)94(13)91-64-67-28-46-82(47-29-67)127-139(143,128-83-48-30-68(31-49-83)65-92-95(14)137(141,123-78-56-38-72(39-57-78)87(99)132(105,113-20-5)114-21-6)124-79-58-40-73(41-59-79)88(100)133(106,115-22-7)116-23-8)129-84-50-32-69(33-51-84)66-93-96(15)138(142,125-80-60-42-74(43-61-80)89(101)134(107,117-24-9)118-25-10)126-81-62-44-75(45-63-81)90(102)135(108,119-26-11)120-27-12/h28-66,85-90,97-102H,16-27H2,1-15H3/b91-64+,92-65+,93-66+. The molecule has 39 nitrogen and oxygen atoms in total. The van der Waals surface area contributed by atoms with Crippen LogP contribution in [0.4, 0.5) is 0 Å². The topological polar surface area (TPSA) is 464 Å². The Balaban J connectivity index is 1.04. The predicted octanol–water partition coefficient (Wildman–Crippen LogP) is 23.9. The van der Waals surface area contributed by atoms with Gasteiger partial charge in [-0.2, -0.15) is 15.3 Å². The highest BCUT2D eigenvalue weighted by atomic mass is 32.5. The summed E-state index contributed by atoms with van der Waals surface area (Å²) in [5.41, 5.74) is 2.54. The molecule has 782 valence electrons. The molecule has 0 saturated carbocycles. The second-order valence-electron chi connectivity index (χ2n) is 29.5. The number of rotatable bonds is 63. The highest BCUT2D eigenvalue weighted by Gasteiger charge is 2.43. The van der Waals surface area contributed by atoms with E-state index in [2.05, 4.69) is 0 Å². The first-order valence-electron chi connectivity index (χ1n) is 44.9. The van der Waals surface area contributed by atoms with Crippen molar-refractivity contribution in [2.75, 3.05) is 100 Å². The summed E-state index contributed by atoms with van der Waals surface area (Å²) in [4.78, 5) is 0. The Morgan fingerprint density at radius 2 is 0.343 bits per heavy atom. The molecular weight excluding hydrogens is 2130 g/mol. The largest absolute Gasteiger partial charge is 0.490 e. The zero-order chi connectivity index (χ0) is 105. The minimum atomic E-state index is -4.09. The van der Waals surface area contributed by atoms with Gasteiger partial charge >= 0.3 is 72.2 Å². The highest BCUT2D eigenvalue weighted by molar-refractivity contribution is 8.10. The van der Waals surface area contributed by atoms with Crippen LogP contribution in [0.15, 0.2) is 234 Å². The summed E-state index contributed by atoms with van der Waals surface area (Å²) >= 11 is 25.0. The van der Waals surface area contributed by atoms with E-state index in [1.807, 2.05) is 0 Å². The predicted molar refractivity (Wildman–Crippen MR) is 562 cm³/mol. The normalized spacial score (nSPS) is 15.4. The Labute approximate surface area is 853 Å². The minimum absolute atomic E-state index is 0.00157. The third-order valence-corrected chi connectivity index (χ3v) is 42.7. The lowest BCUT2D eigenvalue weighted by molar-refractivity contribution is 0.150. The first-order chi connectivity index (χ1) is 68.0. The van der Waals surface area contributed by atoms with Crippen LogP contribution in [0.3, 0.4) is 0 Å². The molecule has 9 rings (SSSR count). The van der Waals surface area contributed by atoms with Crippen LogP contribution in [0.1, 0.15) is 168 Å². The summed E-state index contributed by atoms with van der Waals surface area (Å²) in [6.45, 7) is 3.74. The van der Waals surface area contributed by atoms with Crippen LogP contribution in [0.25, 0.3) is 0 Å². The molecule has 143 heavy (non-hydrogen) atoms. The van der Waals surface area contributed by atoms with Gasteiger partial charge in [0.15, 0.2) is 35.1 Å². The number of aliphatic hydroxyl groups excluding tert-OH is 6. The zero-order valence-corrected chi connectivity index (χ0v) is 93.2. The van der Waals surface area contributed by atoms with Gasteiger partial charge in [0.25, 0.3) is 0 Å². The molecule has 0 spiro atoms. The van der Waals surface area contributed by atoms with Gasteiger partial charge in [-0.15, -0.1) is 0 Å². The number of hydrogen-bond donors (Lipinski definition) is 6. The van der Waals surface area contributed by atoms with E-state index in [4.69, 9.17) is 158 Å². The van der Waals surface area contributed by atoms with Crippen LogP contribution in [0.2, 0.25) is 0 Å². The summed E-state index contributed by atoms with van der Waals surface area (Å²) < 4.78 is 209. The van der Waals surface area contributed by atoms with Crippen molar-refractivity contribution in [2.24, 2.45) is 15.3 Å². The molecule has 0 aliphatic carbocycles. The molecule has 0 aliphatic heterocycles. The Morgan fingerprint density at radius 3 is 0.469 bits per heavy atom. The smallest absolute Gasteiger partial charge is 0.420 e. The van der Waals surface area contributed by atoms with E-state index in [1.165, 1.54) is 200 Å². The minimum Gasteiger partial charge on any atom is -0.420 e. The molecular formula is C90H120N6O33P10S4. The maximum Gasteiger partial charge on any atom is 0.490 e. The molecule has 0 radical (unpaired) electrons. The molecule has 6 N–H and O–H groups in total. The molecule has 53 heteroatoms. The van der Waals surface area contributed by atoms with E-state index in [0.717, 1.165) is 0 Å². The van der Waals surface area contributed by atoms with E-state index in [9.17, 15) is 58.0 Å². The fourth-order valence-electron chi connectivity index (χ4n) is 12.7. The number of nitrogens with zero attached hydrogens (tertiary/aromatic N) is 6. The lowest BCUT2D eigenvalue weighted by Crippen LogP contribution is -2.17. The van der Waals surface area contributed by atoms with E-state index in [-0.39, 0.29) is 164 Å². The SMILES string of the molecule is CCOP(=O)(OCC)C(O)c1ccc(OP(=S)(Oc2ccc(C(O)P(=O)(OCC)OCC)cc2)N(C)/N=C/c2ccc(OP(=S)(Oc3ccc(/C=N/N(C)P(=S)(Oc4ccc(C(O)P(=O)(OCC)OCC)cc4)Oc4ccc(C(O)P(=O)(OCC)OCC)cc4)cc3)Oc3ccc(/C=N/N(C)P(=S)(Oc4ccc(C(O)P(=O)(OCC)OCC)cc4)Oc4ccc(C(O)P(=O)(OCC)OCC)cc4)cc3)cc2)cc1. The van der Waals surface area contributed by atoms with Crippen molar-refractivity contribution in [3.63, 3.8) is 0 Å². The fourth-order valence-corrected chi connectivity index (χ4v) is 30.0. The first-order valence-corrected chi connectivity index (χ1v) is 64.9. The maximum atomic E-state index is 13.6. The lowest BCUT2D eigenvalue weighted by atomic mass is 10.2. The summed E-state index contributed by atoms with van der Waals surface area (Å²) in [5, 5.41) is 81.7. The molecule has 6 atom stereocenters. The summed E-state index contributed by atoms with van der Waals surface area (Å²) in [7, 11) is -19.6. The van der Waals surface area contributed by atoms with Gasteiger partial charge in [0.05, 0.1) is 97.9 Å². The number of hydrazone groups is 3. The zero-order valence-electron chi connectivity index (χ0n) is 81.0. The third kappa shape index (κ3) is 32.9. The van der Waals surface area contributed by atoms with Gasteiger partial charge in [-0.1, -0.05) is 72.8 Å². The van der Waals surface area contributed by atoms with Crippen molar-refractivity contribution < 1.29 is 153 Å². The second-order valence-corrected chi connectivity index (χ2v) is 54.6. The molecule has 0 saturated heterocycles. The number of aliphatic hydroxyl groups is 6. The monoisotopic (exact) mass is 2250 g/mol. The summed E-state index contributed by atoms with van der Waals surface area (Å²) in [6.07, 6.45) is 4.38. The van der Waals surface area contributed by atoms with E-state index < -0.39 is 107 Å². The fraction of sp³-hybridized carbons (Fsp3) is 0.367. The Hall–Kier alpha value is -7.15.